The fourth-order valence-corrected chi connectivity index (χ4v) is 2.98. The molecule has 0 saturated heterocycles. The van der Waals surface area contributed by atoms with Crippen LogP contribution in [0, 0.1) is 0 Å². The predicted molar refractivity (Wildman–Crippen MR) is 86.7 cm³/mol. The van der Waals surface area contributed by atoms with E-state index in [1.54, 1.807) is 4.90 Å². The number of aliphatic carboxylic acids is 1. The molecule has 0 aliphatic carbocycles. The summed E-state index contributed by atoms with van der Waals surface area (Å²) >= 11 is 0. The maximum Gasteiger partial charge on any atom is 0.325 e. The molecular formula is C16H19N5O3. The molecule has 24 heavy (non-hydrogen) atoms. The standard InChI is InChI=1S/C16H19N5O3/c1-11-7-19(2)14-6-4-3-5-12(14)8-21(11)16(24)13-9-20(18-17-13)10-15(22)23/h3-6,9,11H,7-8,10H2,1-2H3,(H,22,23)/t11-/m0/s1. The Bertz CT molecular complexity index is 773. The number of rotatable bonds is 3. The van der Waals surface area contributed by atoms with E-state index in [1.165, 1.54) is 6.20 Å². The smallest absolute Gasteiger partial charge is 0.325 e. The van der Waals surface area contributed by atoms with Crippen molar-refractivity contribution in [3.05, 3.63) is 41.7 Å². The first-order valence-corrected chi connectivity index (χ1v) is 7.67. The first-order valence-electron chi connectivity index (χ1n) is 7.67. The van der Waals surface area contributed by atoms with Gasteiger partial charge in [-0.3, -0.25) is 9.59 Å². The van der Waals surface area contributed by atoms with Crippen molar-refractivity contribution >= 4 is 17.6 Å². The van der Waals surface area contributed by atoms with E-state index < -0.39 is 5.97 Å². The minimum atomic E-state index is -1.03. The van der Waals surface area contributed by atoms with E-state index in [0.717, 1.165) is 15.9 Å². The molecule has 0 unspecified atom stereocenters. The molecule has 1 N–H and O–H groups in total. The number of carboxylic acid groups (broad SMARTS) is 1. The highest BCUT2D eigenvalue weighted by molar-refractivity contribution is 5.92. The van der Waals surface area contributed by atoms with Crippen molar-refractivity contribution in [2.75, 3.05) is 18.5 Å². The SMILES string of the molecule is C[C@H]1CN(C)c2ccccc2CN1C(=O)c1cn(CC(=O)O)nn1. The summed E-state index contributed by atoms with van der Waals surface area (Å²) in [5.74, 6) is -1.28. The van der Waals surface area contributed by atoms with Crippen molar-refractivity contribution in [1.82, 2.24) is 19.9 Å². The molecule has 1 amide bonds. The van der Waals surface area contributed by atoms with Crippen molar-refractivity contribution in [1.29, 1.82) is 0 Å². The molecule has 8 nitrogen and oxygen atoms in total. The summed E-state index contributed by atoms with van der Waals surface area (Å²) in [7, 11) is 2.01. The van der Waals surface area contributed by atoms with Gasteiger partial charge in [0.2, 0.25) is 0 Å². The van der Waals surface area contributed by atoms with Gasteiger partial charge < -0.3 is 14.9 Å². The van der Waals surface area contributed by atoms with Gasteiger partial charge in [-0.25, -0.2) is 4.68 Å². The minimum Gasteiger partial charge on any atom is -0.480 e. The number of fused-ring (bicyclic) bond motifs is 1. The average molecular weight is 329 g/mol. The maximum atomic E-state index is 12.8. The summed E-state index contributed by atoms with van der Waals surface area (Å²) in [6.45, 7) is 2.85. The van der Waals surface area contributed by atoms with Gasteiger partial charge in [0.15, 0.2) is 5.69 Å². The summed E-state index contributed by atoms with van der Waals surface area (Å²) in [4.78, 5) is 27.4. The van der Waals surface area contributed by atoms with Crippen molar-refractivity contribution in [3.63, 3.8) is 0 Å². The van der Waals surface area contributed by atoms with Crippen LogP contribution in [0.4, 0.5) is 5.69 Å². The number of para-hydroxylation sites is 1. The Morgan fingerprint density at radius 1 is 1.33 bits per heavy atom. The minimum absolute atomic E-state index is 0.0143. The van der Waals surface area contributed by atoms with Crippen molar-refractivity contribution in [2.45, 2.75) is 26.1 Å². The third-order valence-corrected chi connectivity index (χ3v) is 4.13. The second-order valence-electron chi connectivity index (χ2n) is 5.99. The number of carbonyl (C=O) groups excluding carboxylic acids is 1. The molecule has 1 atom stereocenters. The normalized spacial score (nSPS) is 17.3. The van der Waals surface area contributed by atoms with E-state index in [0.29, 0.717) is 13.1 Å². The number of hydrogen-bond acceptors (Lipinski definition) is 5. The zero-order valence-corrected chi connectivity index (χ0v) is 13.6. The molecule has 0 bridgehead atoms. The van der Waals surface area contributed by atoms with Crippen LogP contribution in [-0.4, -0.2) is 56.5 Å². The number of carboxylic acids is 1. The van der Waals surface area contributed by atoms with E-state index in [2.05, 4.69) is 15.2 Å². The van der Waals surface area contributed by atoms with Crippen LogP contribution in [-0.2, 0) is 17.9 Å². The molecule has 1 aromatic carbocycles. The summed E-state index contributed by atoms with van der Waals surface area (Å²) in [6, 6.07) is 7.97. The molecule has 1 aliphatic heterocycles. The molecule has 1 aliphatic rings. The maximum absolute atomic E-state index is 12.8. The Kier molecular flexibility index (Phi) is 4.20. The zero-order valence-electron chi connectivity index (χ0n) is 13.6. The van der Waals surface area contributed by atoms with Gasteiger partial charge in [-0.1, -0.05) is 23.4 Å². The molecule has 126 valence electrons. The largest absolute Gasteiger partial charge is 0.480 e. The third-order valence-electron chi connectivity index (χ3n) is 4.13. The summed E-state index contributed by atoms with van der Waals surface area (Å²) < 4.78 is 1.15. The summed E-state index contributed by atoms with van der Waals surface area (Å²) in [6.07, 6.45) is 1.38. The number of amides is 1. The Morgan fingerprint density at radius 3 is 2.83 bits per heavy atom. The van der Waals surface area contributed by atoms with Gasteiger partial charge in [0.1, 0.15) is 6.54 Å². The summed E-state index contributed by atoms with van der Waals surface area (Å²) in [5.41, 5.74) is 2.33. The lowest BCUT2D eigenvalue weighted by Gasteiger charge is -2.27. The number of anilines is 1. The second-order valence-corrected chi connectivity index (χ2v) is 5.99. The molecule has 0 fully saturated rings. The van der Waals surface area contributed by atoms with Gasteiger partial charge in [-0.15, -0.1) is 5.10 Å². The van der Waals surface area contributed by atoms with Crippen LogP contribution in [0.5, 0.6) is 0 Å². The van der Waals surface area contributed by atoms with Crippen LogP contribution in [0.2, 0.25) is 0 Å². The quantitative estimate of drug-likeness (QED) is 0.897. The Labute approximate surface area is 139 Å². The van der Waals surface area contributed by atoms with Gasteiger partial charge in [-0.05, 0) is 18.6 Å². The fourth-order valence-electron chi connectivity index (χ4n) is 2.98. The Morgan fingerprint density at radius 2 is 2.08 bits per heavy atom. The number of benzene rings is 1. The highest BCUT2D eigenvalue weighted by Gasteiger charge is 2.29. The lowest BCUT2D eigenvalue weighted by molar-refractivity contribution is -0.137. The molecular weight excluding hydrogens is 310 g/mol. The van der Waals surface area contributed by atoms with E-state index in [-0.39, 0.29) is 24.2 Å². The number of hydrogen-bond donors (Lipinski definition) is 1. The summed E-state index contributed by atoms with van der Waals surface area (Å²) in [5, 5.41) is 16.3. The lowest BCUT2D eigenvalue weighted by Crippen LogP contribution is -2.42. The number of nitrogens with zero attached hydrogens (tertiary/aromatic N) is 5. The highest BCUT2D eigenvalue weighted by atomic mass is 16.4. The molecule has 3 rings (SSSR count). The van der Waals surface area contributed by atoms with E-state index in [1.807, 2.05) is 38.2 Å². The van der Waals surface area contributed by atoms with Gasteiger partial charge in [0.25, 0.3) is 5.91 Å². The number of aromatic nitrogens is 3. The van der Waals surface area contributed by atoms with Crippen LogP contribution < -0.4 is 4.90 Å². The lowest BCUT2D eigenvalue weighted by atomic mass is 10.1. The second kappa shape index (κ2) is 6.31. The number of carbonyl (C=O) groups is 2. The first kappa shape index (κ1) is 16.0. The molecule has 0 spiro atoms. The van der Waals surface area contributed by atoms with Gasteiger partial charge >= 0.3 is 5.97 Å². The topological polar surface area (TPSA) is 91.6 Å². The van der Waals surface area contributed by atoms with E-state index >= 15 is 0 Å². The van der Waals surface area contributed by atoms with Crippen LogP contribution in [0.1, 0.15) is 23.0 Å². The Balaban J connectivity index is 1.86. The molecule has 2 heterocycles. The average Bonchev–Trinajstić information content (AvgIpc) is 2.94. The monoisotopic (exact) mass is 329 g/mol. The predicted octanol–water partition coefficient (Wildman–Crippen LogP) is 0.843. The van der Waals surface area contributed by atoms with Crippen LogP contribution in [0.25, 0.3) is 0 Å². The van der Waals surface area contributed by atoms with Gasteiger partial charge in [0.05, 0.1) is 6.20 Å². The molecule has 0 radical (unpaired) electrons. The molecule has 0 saturated carbocycles. The van der Waals surface area contributed by atoms with Gasteiger partial charge in [-0.2, -0.15) is 0 Å². The van der Waals surface area contributed by atoms with Crippen molar-refractivity contribution < 1.29 is 14.7 Å². The third kappa shape index (κ3) is 3.08. The van der Waals surface area contributed by atoms with Crippen LogP contribution in [0.15, 0.2) is 30.5 Å². The van der Waals surface area contributed by atoms with E-state index in [4.69, 9.17) is 5.11 Å². The van der Waals surface area contributed by atoms with Crippen molar-refractivity contribution in [3.8, 4) is 0 Å². The molecule has 8 heteroatoms. The van der Waals surface area contributed by atoms with Gasteiger partial charge in [0, 0.05) is 31.9 Å². The van der Waals surface area contributed by atoms with E-state index in [9.17, 15) is 9.59 Å². The zero-order chi connectivity index (χ0) is 17.3. The highest BCUT2D eigenvalue weighted by Crippen LogP contribution is 2.26. The van der Waals surface area contributed by atoms with Crippen molar-refractivity contribution in [2.24, 2.45) is 0 Å². The van der Waals surface area contributed by atoms with Crippen LogP contribution in [0.3, 0.4) is 0 Å². The van der Waals surface area contributed by atoms with Crippen LogP contribution >= 0.6 is 0 Å². The Hall–Kier alpha value is -2.90. The molecule has 1 aromatic heterocycles. The number of likely N-dealkylation sites (N-methyl/N-ethyl adjacent to an activating group) is 1. The fraction of sp³-hybridized carbons (Fsp3) is 0.375. The first-order chi connectivity index (χ1) is 11.5. The molecule has 2 aromatic rings.